The normalized spacial score (nSPS) is 10.1. The zero-order chi connectivity index (χ0) is 13.1. The van der Waals surface area contributed by atoms with Crippen molar-refractivity contribution >= 4 is 5.82 Å². The van der Waals surface area contributed by atoms with Crippen LogP contribution in [-0.2, 0) is 13.6 Å². The fourth-order valence-electron chi connectivity index (χ4n) is 2.05. The maximum atomic E-state index is 9.19. The largest absolute Gasteiger partial charge is 0.354 e. The molecule has 0 amide bonds. The number of nitriles is 1. The van der Waals surface area contributed by atoms with Gasteiger partial charge < -0.3 is 4.90 Å². The molecular formula is C13H15N5. The van der Waals surface area contributed by atoms with Gasteiger partial charge in [-0.3, -0.25) is 9.67 Å². The van der Waals surface area contributed by atoms with E-state index in [-0.39, 0.29) is 0 Å². The first-order chi connectivity index (χ1) is 8.63. The van der Waals surface area contributed by atoms with E-state index in [1.54, 1.807) is 17.1 Å². The van der Waals surface area contributed by atoms with E-state index < -0.39 is 0 Å². The fraction of sp³-hybridized carbons (Fsp3) is 0.308. The van der Waals surface area contributed by atoms with E-state index in [1.807, 2.05) is 38.1 Å². The smallest absolute Gasteiger partial charge is 0.145 e. The first-order valence-electron chi connectivity index (χ1n) is 5.67. The van der Waals surface area contributed by atoms with Crippen LogP contribution in [0.25, 0.3) is 0 Å². The van der Waals surface area contributed by atoms with Crippen LogP contribution >= 0.6 is 0 Å². The molecule has 2 rings (SSSR count). The molecule has 0 aromatic carbocycles. The highest BCUT2D eigenvalue weighted by Crippen LogP contribution is 2.22. The van der Waals surface area contributed by atoms with E-state index in [4.69, 9.17) is 0 Å². The molecule has 0 unspecified atom stereocenters. The van der Waals surface area contributed by atoms with E-state index in [1.165, 1.54) is 0 Å². The number of aromatic nitrogens is 3. The number of nitrogens with zero attached hydrogens (tertiary/aromatic N) is 5. The molecule has 2 aromatic heterocycles. The molecule has 2 heterocycles. The van der Waals surface area contributed by atoms with Crippen LogP contribution < -0.4 is 4.90 Å². The van der Waals surface area contributed by atoms with E-state index >= 15 is 0 Å². The molecule has 92 valence electrons. The summed E-state index contributed by atoms with van der Waals surface area (Å²) in [5, 5.41) is 13.5. The molecule has 0 atom stereocenters. The average molecular weight is 241 g/mol. The second-order valence-corrected chi connectivity index (χ2v) is 4.23. The number of pyridine rings is 1. The quantitative estimate of drug-likeness (QED) is 0.819. The molecule has 18 heavy (non-hydrogen) atoms. The molecule has 5 nitrogen and oxygen atoms in total. The number of hydrogen-bond donors (Lipinski definition) is 0. The van der Waals surface area contributed by atoms with Crippen LogP contribution in [0.3, 0.4) is 0 Å². The topological polar surface area (TPSA) is 57.7 Å². The zero-order valence-electron chi connectivity index (χ0n) is 10.8. The Labute approximate surface area is 106 Å². The van der Waals surface area contributed by atoms with E-state index in [2.05, 4.69) is 16.2 Å². The second-order valence-electron chi connectivity index (χ2n) is 4.23. The van der Waals surface area contributed by atoms with Gasteiger partial charge in [0.25, 0.3) is 0 Å². The molecule has 0 fully saturated rings. The number of aryl methyl sites for hydroxylation is 2. The van der Waals surface area contributed by atoms with Crippen molar-refractivity contribution < 1.29 is 0 Å². The van der Waals surface area contributed by atoms with Gasteiger partial charge in [-0.1, -0.05) is 0 Å². The minimum absolute atomic E-state index is 0.633. The summed E-state index contributed by atoms with van der Waals surface area (Å²) in [7, 11) is 3.81. The monoisotopic (exact) mass is 241 g/mol. The number of anilines is 1. The molecular weight excluding hydrogens is 226 g/mol. The summed E-state index contributed by atoms with van der Waals surface area (Å²) in [5.74, 6) is 0.840. The Hall–Kier alpha value is -2.35. The zero-order valence-corrected chi connectivity index (χ0v) is 10.8. The number of rotatable bonds is 3. The molecule has 0 aliphatic carbocycles. The molecule has 0 saturated carbocycles. The molecule has 0 N–H and O–H groups in total. The van der Waals surface area contributed by atoms with Gasteiger partial charge in [-0.25, -0.2) is 0 Å². The summed E-state index contributed by atoms with van der Waals surface area (Å²) in [6.07, 6.45) is 3.53. The van der Waals surface area contributed by atoms with Crippen LogP contribution in [0.15, 0.2) is 24.5 Å². The molecule has 0 aliphatic rings. The third-order valence-corrected chi connectivity index (χ3v) is 2.83. The Bertz CT molecular complexity index is 579. The Kier molecular flexibility index (Phi) is 3.28. The second kappa shape index (κ2) is 4.88. The lowest BCUT2D eigenvalue weighted by atomic mass is 10.2. The van der Waals surface area contributed by atoms with Gasteiger partial charge in [-0.05, 0) is 24.6 Å². The summed E-state index contributed by atoms with van der Waals surface area (Å²) < 4.78 is 1.75. The fourth-order valence-corrected chi connectivity index (χ4v) is 2.05. The Balaban J connectivity index is 2.30. The lowest BCUT2D eigenvalue weighted by molar-refractivity contribution is 0.726. The molecule has 2 aromatic rings. The molecule has 0 bridgehead atoms. The lowest BCUT2D eigenvalue weighted by Gasteiger charge is -2.19. The summed E-state index contributed by atoms with van der Waals surface area (Å²) in [5.41, 5.74) is 2.54. The molecule has 0 aliphatic heterocycles. The van der Waals surface area contributed by atoms with Gasteiger partial charge in [0, 0.05) is 33.0 Å². The Morgan fingerprint density at radius 2 is 2.06 bits per heavy atom. The molecule has 0 saturated heterocycles. The van der Waals surface area contributed by atoms with Crippen molar-refractivity contribution in [1.29, 1.82) is 5.26 Å². The minimum atomic E-state index is 0.633. The maximum Gasteiger partial charge on any atom is 0.145 e. The van der Waals surface area contributed by atoms with Crippen molar-refractivity contribution in [3.63, 3.8) is 0 Å². The van der Waals surface area contributed by atoms with Crippen molar-refractivity contribution in [2.75, 3.05) is 11.9 Å². The summed E-state index contributed by atoms with van der Waals surface area (Å²) in [6, 6.07) is 6.14. The summed E-state index contributed by atoms with van der Waals surface area (Å²) in [6.45, 7) is 2.57. The van der Waals surface area contributed by atoms with Crippen LogP contribution in [-0.4, -0.2) is 21.8 Å². The third kappa shape index (κ3) is 2.18. The van der Waals surface area contributed by atoms with Crippen molar-refractivity contribution in [3.8, 4) is 6.07 Å². The predicted molar refractivity (Wildman–Crippen MR) is 69.0 cm³/mol. The molecule has 0 spiro atoms. The highest BCUT2D eigenvalue weighted by atomic mass is 15.4. The van der Waals surface area contributed by atoms with Crippen LogP contribution in [0, 0.1) is 18.3 Å². The van der Waals surface area contributed by atoms with Crippen LogP contribution in [0.1, 0.15) is 16.8 Å². The first-order valence-corrected chi connectivity index (χ1v) is 5.67. The van der Waals surface area contributed by atoms with Crippen molar-refractivity contribution in [3.05, 3.63) is 41.3 Å². The predicted octanol–water partition coefficient (Wildman–Crippen LogP) is 1.63. The lowest BCUT2D eigenvalue weighted by Crippen LogP contribution is -2.20. The minimum Gasteiger partial charge on any atom is -0.354 e. The highest BCUT2D eigenvalue weighted by molar-refractivity contribution is 5.56. The maximum absolute atomic E-state index is 9.19. The van der Waals surface area contributed by atoms with E-state index in [9.17, 15) is 5.26 Å². The Morgan fingerprint density at radius 3 is 2.67 bits per heavy atom. The number of hydrogen-bond acceptors (Lipinski definition) is 4. The van der Waals surface area contributed by atoms with Gasteiger partial charge in [-0.15, -0.1) is 0 Å². The van der Waals surface area contributed by atoms with Gasteiger partial charge in [-0.2, -0.15) is 10.4 Å². The summed E-state index contributed by atoms with van der Waals surface area (Å²) >= 11 is 0. The molecule has 0 radical (unpaired) electrons. The first kappa shape index (κ1) is 12.1. The standard InChI is InChI=1S/C13H15N5/c1-10-12(8-14)13(18(3)16-10)17(2)9-11-4-6-15-7-5-11/h4-7H,9H2,1-3H3. The van der Waals surface area contributed by atoms with Crippen molar-refractivity contribution in [2.45, 2.75) is 13.5 Å². The van der Waals surface area contributed by atoms with Crippen molar-refractivity contribution in [2.24, 2.45) is 7.05 Å². The SMILES string of the molecule is Cc1nn(C)c(N(C)Cc2ccncc2)c1C#N. The van der Waals surface area contributed by atoms with E-state index in [0.717, 1.165) is 23.6 Å². The van der Waals surface area contributed by atoms with E-state index in [0.29, 0.717) is 5.56 Å². The van der Waals surface area contributed by atoms with Gasteiger partial charge in [0.2, 0.25) is 0 Å². The Morgan fingerprint density at radius 1 is 1.39 bits per heavy atom. The van der Waals surface area contributed by atoms with Gasteiger partial charge in [0.15, 0.2) is 0 Å². The van der Waals surface area contributed by atoms with Gasteiger partial charge >= 0.3 is 0 Å². The van der Waals surface area contributed by atoms with Gasteiger partial charge in [0.1, 0.15) is 17.5 Å². The van der Waals surface area contributed by atoms with Crippen LogP contribution in [0.2, 0.25) is 0 Å². The average Bonchev–Trinajstić information content (AvgIpc) is 2.64. The molecule has 5 heteroatoms. The van der Waals surface area contributed by atoms with Crippen molar-refractivity contribution in [1.82, 2.24) is 14.8 Å². The summed E-state index contributed by atoms with van der Waals surface area (Å²) in [4.78, 5) is 6.01. The van der Waals surface area contributed by atoms with Crippen LogP contribution in [0.5, 0.6) is 0 Å². The van der Waals surface area contributed by atoms with Crippen LogP contribution in [0.4, 0.5) is 5.82 Å². The third-order valence-electron chi connectivity index (χ3n) is 2.83. The van der Waals surface area contributed by atoms with Gasteiger partial charge in [0.05, 0.1) is 5.69 Å². The highest BCUT2D eigenvalue weighted by Gasteiger charge is 2.16.